The summed E-state index contributed by atoms with van der Waals surface area (Å²) in [6.07, 6.45) is 3.05. The lowest BCUT2D eigenvalue weighted by Crippen LogP contribution is -2.29. The zero-order chi connectivity index (χ0) is 11.5. The lowest BCUT2D eigenvalue weighted by molar-refractivity contribution is 0.537. The Kier molecular flexibility index (Phi) is 3.38. The fourth-order valence-electron chi connectivity index (χ4n) is 1.57. The number of halogens is 2. The topological polar surface area (TPSA) is 51.2 Å². The van der Waals surface area contributed by atoms with Crippen molar-refractivity contribution in [3.63, 3.8) is 0 Å². The Balaban J connectivity index is 2.49. The third-order valence-electron chi connectivity index (χ3n) is 2.33. The van der Waals surface area contributed by atoms with Crippen LogP contribution < -0.4 is 11.3 Å². The standard InChI is InChI=1S/C11H10BrFN2O/c12-8-2-1-3-9(13)10(8)11(15-14)7-4-5-16-6-7/h1-6,11,15H,14H2. The minimum absolute atomic E-state index is 0.321. The van der Waals surface area contributed by atoms with E-state index in [-0.39, 0.29) is 5.82 Å². The second kappa shape index (κ2) is 4.78. The van der Waals surface area contributed by atoms with Crippen molar-refractivity contribution in [1.29, 1.82) is 0 Å². The van der Waals surface area contributed by atoms with E-state index in [1.165, 1.54) is 18.6 Å². The Hall–Kier alpha value is -1.17. The highest BCUT2D eigenvalue weighted by Crippen LogP contribution is 2.30. The number of hydrogen-bond acceptors (Lipinski definition) is 3. The highest BCUT2D eigenvalue weighted by Gasteiger charge is 2.20. The molecule has 0 bridgehead atoms. The number of hydrazine groups is 1. The molecule has 3 N–H and O–H groups in total. The van der Waals surface area contributed by atoms with Crippen LogP contribution in [0.2, 0.25) is 0 Å². The maximum atomic E-state index is 13.7. The van der Waals surface area contributed by atoms with Crippen LogP contribution in [0.15, 0.2) is 45.7 Å². The molecular formula is C11H10BrFN2O. The average Bonchev–Trinajstić information content (AvgIpc) is 2.77. The third kappa shape index (κ3) is 2.02. The molecule has 0 saturated heterocycles. The summed E-state index contributed by atoms with van der Waals surface area (Å²) in [5.41, 5.74) is 3.81. The average molecular weight is 285 g/mol. The molecule has 1 heterocycles. The molecule has 0 spiro atoms. The van der Waals surface area contributed by atoms with E-state index in [2.05, 4.69) is 21.4 Å². The van der Waals surface area contributed by atoms with Gasteiger partial charge in [-0.05, 0) is 18.2 Å². The maximum absolute atomic E-state index is 13.7. The molecule has 3 nitrogen and oxygen atoms in total. The van der Waals surface area contributed by atoms with Gasteiger partial charge in [-0.2, -0.15) is 0 Å². The monoisotopic (exact) mass is 284 g/mol. The molecule has 0 aliphatic heterocycles. The number of rotatable bonds is 3. The fraction of sp³-hybridized carbons (Fsp3) is 0.0909. The van der Waals surface area contributed by atoms with Crippen LogP contribution in [0.3, 0.4) is 0 Å². The quantitative estimate of drug-likeness (QED) is 0.673. The highest BCUT2D eigenvalue weighted by molar-refractivity contribution is 9.10. The summed E-state index contributed by atoms with van der Waals surface area (Å²) in [5.74, 6) is 5.13. The number of hydrogen-bond donors (Lipinski definition) is 2. The molecule has 0 aliphatic rings. The van der Waals surface area contributed by atoms with E-state index in [0.29, 0.717) is 10.0 Å². The molecule has 1 aromatic carbocycles. The number of benzene rings is 1. The van der Waals surface area contributed by atoms with E-state index in [4.69, 9.17) is 10.3 Å². The van der Waals surface area contributed by atoms with E-state index in [0.717, 1.165) is 5.56 Å². The molecule has 0 saturated carbocycles. The molecule has 1 unspecified atom stereocenters. The summed E-state index contributed by atoms with van der Waals surface area (Å²) in [7, 11) is 0. The summed E-state index contributed by atoms with van der Waals surface area (Å²) in [6, 6.07) is 6.09. The Morgan fingerprint density at radius 2 is 2.19 bits per heavy atom. The van der Waals surface area contributed by atoms with E-state index >= 15 is 0 Å². The lowest BCUT2D eigenvalue weighted by atomic mass is 10.0. The van der Waals surface area contributed by atoms with E-state index in [1.54, 1.807) is 18.2 Å². The Labute approximate surface area is 101 Å². The van der Waals surface area contributed by atoms with Crippen molar-refractivity contribution in [2.75, 3.05) is 0 Å². The van der Waals surface area contributed by atoms with Gasteiger partial charge in [0.1, 0.15) is 5.82 Å². The van der Waals surface area contributed by atoms with Gasteiger partial charge in [0.05, 0.1) is 18.6 Å². The van der Waals surface area contributed by atoms with Crippen molar-refractivity contribution < 1.29 is 8.81 Å². The predicted octanol–water partition coefficient (Wildman–Crippen LogP) is 2.73. The molecule has 1 atom stereocenters. The highest BCUT2D eigenvalue weighted by atomic mass is 79.9. The van der Waals surface area contributed by atoms with Crippen LogP contribution in [0.4, 0.5) is 4.39 Å². The van der Waals surface area contributed by atoms with Gasteiger partial charge in [0.25, 0.3) is 0 Å². The zero-order valence-electron chi connectivity index (χ0n) is 8.28. The van der Waals surface area contributed by atoms with Gasteiger partial charge < -0.3 is 4.42 Å². The molecule has 5 heteroatoms. The van der Waals surface area contributed by atoms with Crippen LogP contribution in [0, 0.1) is 5.82 Å². The largest absolute Gasteiger partial charge is 0.472 e. The SMILES string of the molecule is NNC(c1ccoc1)c1c(F)cccc1Br. The number of nitrogens with one attached hydrogen (secondary N) is 1. The van der Waals surface area contributed by atoms with Crippen LogP contribution in [0.1, 0.15) is 17.2 Å². The van der Waals surface area contributed by atoms with Gasteiger partial charge in [-0.1, -0.05) is 22.0 Å². The fourth-order valence-corrected chi connectivity index (χ4v) is 2.14. The second-order valence-electron chi connectivity index (χ2n) is 3.29. The molecule has 84 valence electrons. The van der Waals surface area contributed by atoms with Gasteiger partial charge in [-0.25, -0.2) is 9.82 Å². The normalized spacial score (nSPS) is 12.7. The van der Waals surface area contributed by atoms with Crippen molar-refractivity contribution in [2.45, 2.75) is 6.04 Å². The Morgan fingerprint density at radius 3 is 2.75 bits per heavy atom. The summed E-state index contributed by atoms with van der Waals surface area (Å²) < 4.78 is 19.4. The zero-order valence-corrected chi connectivity index (χ0v) is 9.87. The first kappa shape index (κ1) is 11.3. The molecule has 16 heavy (non-hydrogen) atoms. The number of nitrogens with two attached hydrogens (primary N) is 1. The molecule has 2 aromatic rings. The molecule has 0 radical (unpaired) electrons. The second-order valence-corrected chi connectivity index (χ2v) is 4.15. The molecule has 2 rings (SSSR count). The first-order valence-corrected chi connectivity index (χ1v) is 5.45. The summed E-state index contributed by atoms with van der Waals surface area (Å²) in [4.78, 5) is 0. The van der Waals surface area contributed by atoms with E-state index < -0.39 is 6.04 Å². The van der Waals surface area contributed by atoms with E-state index in [9.17, 15) is 4.39 Å². The van der Waals surface area contributed by atoms with Crippen LogP contribution >= 0.6 is 15.9 Å². The lowest BCUT2D eigenvalue weighted by Gasteiger charge is -2.16. The predicted molar refractivity (Wildman–Crippen MR) is 62.0 cm³/mol. The van der Waals surface area contributed by atoms with Crippen LogP contribution in [0.25, 0.3) is 0 Å². The minimum Gasteiger partial charge on any atom is -0.472 e. The third-order valence-corrected chi connectivity index (χ3v) is 3.02. The molecular weight excluding hydrogens is 275 g/mol. The molecule has 0 fully saturated rings. The first-order chi connectivity index (χ1) is 7.74. The summed E-state index contributed by atoms with van der Waals surface area (Å²) in [6.45, 7) is 0. The van der Waals surface area contributed by atoms with Gasteiger partial charge in [0, 0.05) is 15.6 Å². The van der Waals surface area contributed by atoms with Crippen molar-refractivity contribution in [2.24, 2.45) is 5.84 Å². The molecule has 0 aliphatic carbocycles. The van der Waals surface area contributed by atoms with Crippen LogP contribution in [-0.2, 0) is 0 Å². The van der Waals surface area contributed by atoms with Crippen LogP contribution in [0.5, 0.6) is 0 Å². The Bertz CT molecular complexity index is 453. The molecule has 1 aromatic heterocycles. The Morgan fingerprint density at radius 1 is 1.38 bits per heavy atom. The smallest absolute Gasteiger partial charge is 0.129 e. The van der Waals surface area contributed by atoms with Gasteiger partial charge in [0.2, 0.25) is 0 Å². The van der Waals surface area contributed by atoms with E-state index in [1.807, 2.05) is 0 Å². The van der Waals surface area contributed by atoms with Gasteiger partial charge in [-0.15, -0.1) is 0 Å². The van der Waals surface area contributed by atoms with Gasteiger partial charge in [-0.3, -0.25) is 5.84 Å². The van der Waals surface area contributed by atoms with Crippen LogP contribution in [-0.4, -0.2) is 0 Å². The van der Waals surface area contributed by atoms with Gasteiger partial charge >= 0.3 is 0 Å². The number of furan rings is 1. The maximum Gasteiger partial charge on any atom is 0.129 e. The van der Waals surface area contributed by atoms with Crippen molar-refractivity contribution >= 4 is 15.9 Å². The molecule has 0 amide bonds. The van der Waals surface area contributed by atoms with Crippen molar-refractivity contribution in [3.8, 4) is 0 Å². The minimum atomic E-state index is -0.436. The first-order valence-electron chi connectivity index (χ1n) is 4.66. The summed E-state index contributed by atoms with van der Waals surface area (Å²) in [5, 5.41) is 0. The van der Waals surface area contributed by atoms with Gasteiger partial charge in [0.15, 0.2) is 0 Å². The van der Waals surface area contributed by atoms with Crippen molar-refractivity contribution in [3.05, 3.63) is 58.2 Å². The van der Waals surface area contributed by atoms with Crippen molar-refractivity contribution in [1.82, 2.24) is 5.43 Å². The summed E-state index contributed by atoms with van der Waals surface area (Å²) >= 11 is 3.31.